The van der Waals surface area contributed by atoms with Crippen molar-refractivity contribution in [3.8, 4) is 28.6 Å². The van der Waals surface area contributed by atoms with Crippen molar-refractivity contribution in [1.82, 2.24) is 20.2 Å². The number of aromatic hydroxyl groups is 1. The van der Waals surface area contributed by atoms with Gasteiger partial charge < -0.3 is 24.8 Å². The lowest BCUT2D eigenvalue weighted by molar-refractivity contribution is 0.107. The predicted molar refractivity (Wildman–Crippen MR) is 169 cm³/mol. The van der Waals surface area contributed by atoms with Crippen molar-refractivity contribution in [3.05, 3.63) is 47.8 Å². The van der Waals surface area contributed by atoms with E-state index in [1.807, 2.05) is 18.2 Å². The SMILES string of the molecule is CCc1cccc2cc(O)cc(-c3cc4c5c(nc(OC[C@]67CCCN6C[C@@H](F)C7)nc5c3F)N3CC5CC[C@H](N5)[C@H]3CO4)c12. The highest BCUT2D eigenvalue weighted by molar-refractivity contribution is 6.05. The summed E-state index contributed by atoms with van der Waals surface area (Å²) in [6, 6.07) is 11.7. The third-order valence-corrected chi connectivity index (χ3v) is 11.0. The Hall–Kier alpha value is -3.76. The van der Waals surface area contributed by atoms with E-state index >= 15 is 4.39 Å². The summed E-state index contributed by atoms with van der Waals surface area (Å²) in [5, 5.41) is 16.7. The van der Waals surface area contributed by atoms with E-state index in [4.69, 9.17) is 19.4 Å². The number of rotatable bonds is 5. The molecule has 0 spiro atoms. The number of nitrogens with one attached hydrogen (secondary N) is 1. The molecule has 0 saturated carbocycles. The molecule has 3 aromatic carbocycles. The van der Waals surface area contributed by atoms with Crippen LogP contribution >= 0.6 is 0 Å². The van der Waals surface area contributed by atoms with Crippen molar-refractivity contribution in [2.45, 2.75) is 75.3 Å². The fourth-order valence-corrected chi connectivity index (χ4v) is 8.95. The highest BCUT2D eigenvalue weighted by Crippen LogP contribution is 2.47. The molecule has 4 aromatic rings. The van der Waals surface area contributed by atoms with Gasteiger partial charge in [-0.25, -0.2) is 8.78 Å². The number of phenolic OH excluding ortho intramolecular Hbond substituents is 1. The van der Waals surface area contributed by atoms with Gasteiger partial charge in [-0.15, -0.1) is 0 Å². The van der Waals surface area contributed by atoms with Gasteiger partial charge in [0.25, 0.3) is 0 Å². The van der Waals surface area contributed by atoms with Crippen LogP contribution in [0.15, 0.2) is 36.4 Å². The van der Waals surface area contributed by atoms with Crippen LogP contribution in [0, 0.1) is 5.82 Å². The van der Waals surface area contributed by atoms with Gasteiger partial charge in [0, 0.05) is 37.2 Å². The zero-order chi connectivity index (χ0) is 30.4. The van der Waals surface area contributed by atoms with E-state index in [1.165, 1.54) is 0 Å². The Morgan fingerprint density at radius 3 is 2.93 bits per heavy atom. The highest BCUT2D eigenvalue weighted by atomic mass is 19.1. The molecule has 2 N–H and O–H groups in total. The van der Waals surface area contributed by atoms with E-state index < -0.39 is 12.0 Å². The van der Waals surface area contributed by atoms with Crippen LogP contribution in [0.4, 0.5) is 14.6 Å². The van der Waals surface area contributed by atoms with Gasteiger partial charge in [-0.1, -0.05) is 25.1 Å². The molecule has 5 aliphatic rings. The summed E-state index contributed by atoms with van der Waals surface area (Å²) in [6.07, 6.45) is 4.28. The number of hydrogen-bond donors (Lipinski definition) is 2. The molecule has 4 fully saturated rings. The minimum atomic E-state index is -0.877. The maximum atomic E-state index is 17.1. The third-order valence-electron chi connectivity index (χ3n) is 11.0. The van der Waals surface area contributed by atoms with Crippen LogP contribution in [-0.2, 0) is 6.42 Å². The largest absolute Gasteiger partial charge is 0.508 e. The van der Waals surface area contributed by atoms with Gasteiger partial charge in [0.15, 0.2) is 5.82 Å². The van der Waals surface area contributed by atoms with Gasteiger partial charge in [0.05, 0.1) is 17.0 Å². The number of phenols is 1. The molecule has 9 rings (SSSR count). The Labute approximate surface area is 260 Å². The number of aromatic nitrogens is 2. The number of aryl methyl sites for hydroxylation is 1. The summed E-state index contributed by atoms with van der Waals surface area (Å²) < 4.78 is 44.5. The minimum absolute atomic E-state index is 0.0213. The van der Waals surface area contributed by atoms with E-state index in [-0.39, 0.29) is 41.5 Å². The van der Waals surface area contributed by atoms with Gasteiger partial charge in [0.1, 0.15) is 42.2 Å². The molecular weight excluding hydrogens is 576 g/mol. The summed E-state index contributed by atoms with van der Waals surface area (Å²) in [6.45, 7) is 4.77. The van der Waals surface area contributed by atoms with Crippen LogP contribution in [0.25, 0.3) is 32.8 Å². The van der Waals surface area contributed by atoms with Crippen molar-refractivity contribution in [2.75, 3.05) is 37.7 Å². The van der Waals surface area contributed by atoms with Gasteiger partial charge >= 0.3 is 6.01 Å². The molecule has 0 radical (unpaired) electrons. The van der Waals surface area contributed by atoms with Crippen LogP contribution in [0.5, 0.6) is 17.5 Å². The zero-order valence-corrected chi connectivity index (χ0v) is 25.4. The maximum Gasteiger partial charge on any atom is 0.319 e. The normalized spacial score (nSPS) is 28.7. The fourth-order valence-electron chi connectivity index (χ4n) is 8.95. The quantitative estimate of drug-likeness (QED) is 0.305. The van der Waals surface area contributed by atoms with Crippen LogP contribution < -0.4 is 19.7 Å². The van der Waals surface area contributed by atoms with Crippen LogP contribution in [0.1, 0.15) is 44.6 Å². The summed E-state index contributed by atoms with van der Waals surface area (Å²) in [5.74, 6) is 0.703. The number of piperazine rings is 1. The van der Waals surface area contributed by atoms with Gasteiger partial charge in [-0.05, 0) is 78.7 Å². The Balaban J connectivity index is 1.24. The first kappa shape index (κ1) is 27.5. The molecule has 45 heavy (non-hydrogen) atoms. The second-order valence-corrected chi connectivity index (χ2v) is 13.6. The first-order valence-corrected chi connectivity index (χ1v) is 16.4. The number of benzene rings is 3. The number of nitrogens with zero attached hydrogens (tertiary/aromatic N) is 4. The predicted octanol–water partition coefficient (Wildman–Crippen LogP) is 5.51. The van der Waals surface area contributed by atoms with Gasteiger partial charge in [-0.2, -0.15) is 9.97 Å². The smallest absolute Gasteiger partial charge is 0.319 e. The molecule has 10 heteroatoms. The van der Waals surface area contributed by atoms with Crippen molar-refractivity contribution in [1.29, 1.82) is 0 Å². The molecule has 0 aliphatic carbocycles. The first-order valence-electron chi connectivity index (χ1n) is 16.4. The number of fused-ring (bicyclic) bond motifs is 7. The van der Waals surface area contributed by atoms with Crippen molar-refractivity contribution >= 4 is 27.5 Å². The summed E-state index contributed by atoms with van der Waals surface area (Å²) >= 11 is 0. The standard InChI is InChI=1S/C35H37F2N5O3/c1-2-19-5-3-6-20-11-23(43)12-24(29(19)20)25-13-28-30-32(31(25)37)39-34(45-18-35-9-4-10-41(35)15-21(36)14-35)40-33(30)42-16-22-7-8-26(38-22)27(42)17-44-28/h3,5-6,11-13,21-22,26-27,38,43H,2,4,7-10,14-18H2,1H3/t21-,22?,26-,27+,35+/m0/s1. The van der Waals surface area contributed by atoms with E-state index in [2.05, 4.69) is 22.0 Å². The Kier molecular flexibility index (Phi) is 6.20. The van der Waals surface area contributed by atoms with Crippen molar-refractivity contribution in [2.24, 2.45) is 0 Å². The summed E-state index contributed by atoms with van der Waals surface area (Å²) in [4.78, 5) is 14.1. The summed E-state index contributed by atoms with van der Waals surface area (Å²) in [5.41, 5.74) is 1.71. The van der Waals surface area contributed by atoms with Gasteiger partial charge in [-0.3, -0.25) is 4.90 Å². The molecule has 0 amide bonds. The minimum Gasteiger partial charge on any atom is -0.508 e. The average molecular weight is 614 g/mol. The molecule has 234 valence electrons. The molecule has 8 nitrogen and oxygen atoms in total. The average Bonchev–Trinajstić information content (AvgIpc) is 3.67. The molecule has 4 saturated heterocycles. The van der Waals surface area contributed by atoms with E-state index in [9.17, 15) is 9.50 Å². The second kappa shape index (κ2) is 10.1. The number of alkyl halides is 1. The zero-order valence-electron chi connectivity index (χ0n) is 25.4. The van der Waals surface area contributed by atoms with Crippen LogP contribution in [0.2, 0.25) is 0 Å². The molecular formula is C35H37F2N5O3. The number of halogens is 2. The second-order valence-electron chi connectivity index (χ2n) is 13.6. The Morgan fingerprint density at radius 2 is 2.04 bits per heavy atom. The lowest BCUT2D eigenvalue weighted by Crippen LogP contribution is -2.60. The molecule has 5 atom stereocenters. The Bertz CT molecular complexity index is 1850. The third kappa shape index (κ3) is 4.21. The Morgan fingerprint density at radius 1 is 1.13 bits per heavy atom. The van der Waals surface area contributed by atoms with E-state index in [0.29, 0.717) is 53.7 Å². The maximum absolute atomic E-state index is 17.1. The molecule has 1 aromatic heterocycles. The van der Waals surface area contributed by atoms with Gasteiger partial charge in [0.2, 0.25) is 0 Å². The number of hydrogen-bond acceptors (Lipinski definition) is 8. The number of anilines is 1. The molecule has 5 aliphatic heterocycles. The lowest BCUT2D eigenvalue weighted by Gasteiger charge is -2.40. The van der Waals surface area contributed by atoms with E-state index in [0.717, 1.165) is 61.5 Å². The van der Waals surface area contributed by atoms with Crippen LogP contribution in [-0.4, -0.2) is 82.7 Å². The van der Waals surface area contributed by atoms with E-state index in [1.54, 1.807) is 18.2 Å². The first-order chi connectivity index (χ1) is 21.9. The topological polar surface area (TPSA) is 83.0 Å². The fraction of sp³-hybridized carbons (Fsp3) is 0.486. The van der Waals surface area contributed by atoms with Crippen molar-refractivity contribution < 1.29 is 23.4 Å². The van der Waals surface area contributed by atoms with Crippen molar-refractivity contribution in [3.63, 3.8) is 0 Å². The molecule has 1 unspecified atom stereocenters. The molecule has 2 bridgehead atoms. The van der Waals surface area contributed by atoms with Crippen LogP contribution in [0.3, 0.4) is 0 Å². The monoisotopic (exact) mass is 613 g/mol. The summed E-state index contributed by atoms with van der Waals surface area (Å²) in [7, 11) is 0. The lowest BCUT2D eigenvalue weighted by atomic mass is 9.92. The highest BCUT2D eigenvalue weighted by Gasteiger charge is 2.50. The number of ether oxygens (including phenoxy) is 2. The molecule has 6 heterocycles.